The van der Waals surface area contributed by atoms with Crippen molar-refractivity contribution < 1.29 is 24.2 Å². The van der Waals surface area contributed by atoms with E-state index in [0.29, 0.717) is 6.42 Å². The minimum atomic E-state index is -2.16. The number of carboxylic acids is 1. The molecule has 3 heterocycles. The number of hydrogen-bond acceptors (Lipinski definition) is 5. The minimum absolute atomic E-state index is 0.00459. The molecule has 4 atom stereocenters. The summed E-state index contributed by atoms with van der Waals surface area (Å²) in [7, 11) is -2.16. The van der Waals surface area contributed by atoms with Crippen molar-refractivity contribution in [3.63, 3.8) is 0 Å². The molecule has 8 heteroatoms. The normalized spacial score (nSPS) is 30.1. The van der Waals surface area contributed by atoms with Crippen molar-refractivity contribution in [2.24, 2.45) is 5.92 Å². The third-order valence-electron chi connectivity index (χ3n) is 11.6. The van der Waals surface area contributed by atoms with Crippen LogP contribution in [0, 0.1) is 5.92 Å². The lowest BCUT2D eigenvalue weighted by atomic mass is 9.49. The lowest BCUT2D eigenvalue weighted by Gasteiger charge is -2.62. The number of rotatable bonds is 5. The molecule has 1 aromatic heterocycles. The summed E-state index contributed by atoms with van der Waals surface area (Å²) in [6.07, 6.45) is 4.31. The van der Waals surface area contributed by atoms with E-state index in [1.165, 1.54) is 18.4 Å². The first-order chi connectivity index (χ1) is 19.3. The molecule has 1 saturated heterocycles. The van der Waals surface area contributed by atoms with Gasteiger partial charge < -0.3 is 24.4 Å². The second-order valence-electron chi connectivity index (χ2n) is 14.9. The van der Waals surface area contributed by atoms with Crippen LogP contribution >= 0.6 is 0 Å². The van der Waals surface area contributed by atoms with Gasteiger partial charge in [0.15, 0.2) is 11.9 Å². The summed E-state index contributed by atoms with van der Waals surface area (Å²) >= 11 is 0. The number of benzene rings is 2. The molecule has 2 aliphatic heterocycles. The van der Waals surface area contributed by atoms with E-state index >= 15 is 0 Å². The van der Waals surface area contributed by atoms with Crippen molar-refractivity contribution in [1.29, 1.82) is 0 Å². The molecule has 216 valence electrons. The number of aromatic amines is 1. The smallest absolute Gasteiger partial charge is 0.335 e. The zero-order chi connectivity index (χ0) is 28.7. The number of hydrogen-bond donors (Lipinski definition) is 3. The number of nitrogens with zero attached hydrogens (tertiary/aromatic N) is 1. The van der Waals surface area contributed by atoms with Crippen LogP contribution < -0.4 is 9.16 Å². The number of carbonyl (C=O) groups is 1. The fourth-order valence-corrected chi connectivity index (χ4v) is 9.28. The van der Waals surface area contributed by atoms with Crippen LogP contribution in [0.4, 0.5) is 0 Å². The SMILES string of the molecule is CC(C)(C)[Si](C)(C)Oc1ccc2c3c1O[C@H]1c4[nH]c5cc(C(=O)O)ccc5c4C[C@@]4(O)[C@@H](C2)N(CC2CC2)CC[C@]314. The van der Waals surface area contributed by atoms with E-state index < -0.39 is 25.3 Å². The highest BCUT2D eigenvalue weighted by Gasteiger charge is 2.73. The molecule has 3 N–H and O–H groups in total. The second-order valence-corrected chi connectivity index (χ2v) is 19.6. The van der Waals surface area contributed by atoms with Crippen LogP contribution in [-0.2, 0) is 18.3 Å². The summed E-state index contributed by atoms with van der Waals surface area (Å²) in [5.41, 5.74) is 3.90. The Morgan fingerprint density at radius 1 is 1.22 bits per heavy atom. The molecular weight excluding hydrogens is 532 g/mol. The van der Waals surface area contributed by atoms with E-state index in [1.807, 2.05) is 6.07 Å². The number of ether oxygens (including phenoxy) is 1. The largest absolute Gasteiger partial charge is 0.541 e. The van der Waals surface area contributed by atoms with Gasteiger partial charge in [-0.05, 0) is 85.6 Å². The zero-order valence-electron chi connectivity index (χ0n) is 24.6. The van der Waals surface area contributed by atoms with Crippen LogP contribution in [-0.4, -0.2) is 59.1 Å². The summed E-state index contributed by atoms with van der Waals surface area (Å²) in [4.78, 5) is 18.0. The van der Waals surface area contributed by atoms with Crippen LogP contribution in [0.25, 0.3) is 10.9 Å². The monoisotopic (exact) mass is 572 g/mol. The van der Waals surface area contributed by atoms with Gasteiger partial charge in [-0.3, -0.25) is 4.90 Å². The molecule has 2 bridgehead atoms. The standard InChI is InChI=1S/C33H40N2O5Si/c1-31(2,3)41(4,5)40-24-11-9-19-15-25-33(38)16-22-21-10-8-20(30(36)37)14-23(21)34-27(22)29-32(33,26(19)28(24)39-29)12-13-35(25)17-18-6-7-18/h8-11,14,18,25,29,34,38H,6-7,12-13,15-17H2,1-5H3,(H,36,37)/t25-,29+,32+,33-/m1/s1. The Morgan fingerprint density at radius 3 is 2.71 bits per heavy atom. The Bertz CT molecular complexity index is 1630. The molecular formula is C33H40N2O5Si. The maximum atomic E-state index is 13.2. The van der Waals surface area contributed by atoms with Gasteiger partial charge in [0, 0.05) is 35.5 Å². The summed E-state index contributed by atoms with van der Waals surface area (Å²) in [5.74, 6) is 1.40. The number of aliphatic hydroxyl groups is 1. The van der Waals surface area contributed by atoms with Crippen molar-refractivity contribution in [3.8, 4) is 11.5 Å². The maximum absolute atomic E-state index is 13.2. The topological polar surface area (TPSA) is 95.0 Å². The Kier molecular flexibility index (Phi) is 5.02. The van der Waals surface area contributed by atoms with Crippen molar-refractivity contribution in [2.75, 3.05) is 13.1 Å². The Morgan fingerprint density at radius 2 is 2.00 bits per heavy atom. The third kappa shape index (κ3) is 3.30. The molecule has 5 aliphatic rings. The molecule has 8 rings (SSSR count). The van der Waals surface area contributed by atoms with E-state index in [1.54, 1.807) is 12.1 Å². The summed E-state index contributed by atoms with van der Waals surface area (Å²) < 4.78 is 14.0. The molecule has 3 aliphatic carbocycles. The number of likely N-dealkylation sites (tertiary alicyclic amines) is 1. The lowest BCUT2D eigenvalue weighted by Crippen LogP contribution is -2.74. The van der Waals surface area contributed by atoms with E-state index in [2.05, 4.69) is 55.9 Å². The van der Waals surface area contributed by atoms with Gasteiger partial charge in [0.1, 0.15) is 5.75 Å². The van der Waals surface area contributed by atoms with Crippen molar-refractivity contribution in [3.05, 3.63) is 58.3 Å². The number of fused-ring (bicyclic) bond motifs is 4. The fourth-order valence-electron chi connectivity index (χ4n) is 8.26. The molecule has 0 amide bonds. The van der Waals surface area contributed by atoms with Gasteiger partial charge in [-0.2, -0.15) is 0 Å². The molecule has 1 spiro atoms. The summed E-state index contributed by atoms with van der Waals surface area (Å²) in [6.45, 7) is 13.3. The quantitative estimate of drug-likeness (QED) is 0.327. The van der Waals surface area contributed by atoms with Crippen molar-refractivity contribution in [1.82, 2.24) is 9.88 Å². The van der Waals surface area contributed by atoms with E-state index in [9.17, 15) is 15.0 Å². The van der Waals surface area contributed by atoms with Crippen LogP contribution in [0.3, 0.4) is 0 Å². The molecule has 1 saturated carbocycles. The van der Waals surface area contributed by atoms with Crippen LogP contribution in [0.15, 0.2) is 30.3 Å². The predicted molar refractivity (Wildman–Crippen MR) is 160 cm³/mol. The number of nitrogens with one attached hydrogen (secondary N) is 1. The minimum Gasteiger partial charge on any atom is -0.541 e. The van der Waals surface area contributed by atoms with Gasteiger partial charge >= 0.3 is 5.97 Å². The average molecular weight is 573 g/mol. The molecule has 41 heavy (non-hydrogen) atoms. The van der Waals surface area contributed by atoms with Crippen molar-refractivity contribution >= 4 is 25.2 Å². The lowest BCUT2D eigenvalue weighted by molar-refractivity contribution is -0.173. The van der Waals surface area contributed by atoms with Crippen LogP contribution in [0.1, 0.15) is 78.9 Å². The van der Waals surface area contributed by atoms with Gasteiger partial charge in [-0.1, -0.05) is 32.9 Å². The highest BCUT2D eigenvalue weighted by atomic mass is 28.4. The molecule has 0 radical (unpaired) electrons. The number of H-pyrrole nitrogens is 1. The third-order valence-corrected chi connectivity index (χ3v) is 15.9. The van der Waals surface area contributed by atoms with Crippen LogP contribution in [0.2, 0.25) is 18.1 Å². The molecule has 3 aromatic rings. The number of piperidine rings is 1. The highest BCUT2D eigenvalue weighted by molar-refractivity contribution is 6.74. The second kappa shape index (κ2) is 7.97. The van der Waals surface area contributed by atoms with Gasteiger partial charge in [0.2, 0.25) is 0 Å². The van der Waals surface area contributed by atoms with E-state index in [0.717, 1.165) is 71.1 Å². The first-order valence-electron chi connectivity index (χ1n) is 15.2. The predicted octanol–water partition coefficient (Wildman–Crippen LogP) is 5.95. The summed E-state index contributed by atoms with van der Waals surface area (Å²) in [5, 5.41) is 23.8. The number of aromatic carboxylic acids is 1. The van der Waals surface area contributed by atoms with E-state index in [-0.39, 0.29) is 22.7 Å². The van der Waals surface area contributed by atoms with Crippen LogP contribution in [0.5, 0.6) is 11.5 Å². The van der Waals surface area contributed by atoms with Gasteiger partial charge in [0.25, 0.3) is 8.32 Å². The molecule has 7 nitrogen and oxygen atoms in total. The Hall–Kier alpha value is -2.81. The first kappa shape index (κ1) is 25.9. The maximum Gasteiger partial charge on any atom is 0.335 e. The summed E-state index contributed by atoms with van der Waals surface area (Å²) in [6, 6.07) is 9.63. The Balaban J connectivity index is 1.34. The molecule has 0 unspecified atom stereocenters. The fraction of sp³-hybridized carbons (Fsp3) is 0.545. The molecule has 2 fully saturated rings. The number of carboxylic acid groups (broad SMARTS) is 1. The average Bonchev–Trinajstić information content (AvgIpc) is 3.54. The number of aromatic nitrogens is 1. The molecule has 2 aromatic carbocycles. The highest BCUT2D eigenvalue weighted by Crippen LogP contribution is 2.69. The van der Waals surface area contributed by atoms with E-state index in [4.69, 9.17) is 9.16 Å². The Labute approximate surface area is 242 Å². The van der Waals surface area contributed by atoms with Gasteiger partial charge in [-0.25, -0.2) is 4.79 Å². The van der Waals surface area contributed by atoms with Gasteiger partial charge in [-0.15, -0.1) is 0 Å². The van der Waals surface area contributed by atoms with Gasteiger partial charge in [0.05, 0.1) is 22.3 Å². The zero-order valence-corrected chi connectivity index (χ0v) is 25.6. The first-order valence-corrected chi connectivity index (χ1v) is 18.1. The van der Waals surface area contributed by atoms with Crippen molar-refractivity contribution in [2.45, 2.75) is 94.2 Å².